The molecule has 1 aliphatic rings. The van der Waals surface area contributed by atoms with Crippen LogP contribution in [0.3, 0.4) is 0 Å². The molecular formula is C34H22O11. The first-order chi connectivity index (χ1) is 21.6. The van der Waals surface area contributed by atoms with Crippen LogP contribution < -0.4 is 21.6 Å². The van der Waals surface area contributed by atoms with Crippen molar-refractivity contribution in [2.45, 2.75) is 26.1 Å². The maximum Gasteiger partial charge on any atom is 0.339 e. The maximum absolute atomic E-state index is 13.4. The molecule has 11 heteroatoms. The molecule has 7 rings (SSSR count). The number of ether oxygens (including phenoxy) is 2. The average molecular weight is 607 g/mol. The van der Waals surface area contributed by atoms with Gasteiger partial charge in [-0.15, -0.1) is 0 Å². The summed E-state index contributed by atoms with van der Waals surface area (Å²) in [5.41, 5.74) is 0.943. The number of carbonyl (C=O) groups is 1. The molecule has 1 aliphatic heterocycles. The van der Waals surface area contributed by atoms with Crippen molar-refractivity contribution in [1.82, 2.24) is 0 Å². The molecule has 3 aromatic carbocycles. The highest BCUT2D eigenvalue weighted by atomic mass is 16.7. The molecule has 2 N–H and O–H groups in total. The van der Waals surface area contributed by atoms with Crippen LogP contribution in [0.2, 0.25) is 0 Å². The van der Waals surface area contributed by atoms with E-state index in [9.17, 15) is 29.4 Å². The highest BCUT2D eigenvalue weighted by molar-refractivity contribution is 5.85. The fourth-order valence-electron chi connectivity index (χ4n) is 5.59. The van der Waals surface area contributed by atoms with E-state index in [0.717, 1.165) is 5.56 Å². The van der Waals surface area contributed by atoms with E-state index < -0.39 is 29.1 Å². The fourth-order valence-corrected chi connectivity index (χ4v) is 5.59. The summed E-state index contributed by atoms with van der Waals surface area (Å²) in [5.74, 6) is -0.408. The van der Waals surface area contributed by atoms with E-state index in [1.54, 1.807) is 30.3 Å². The first-order valence-electron chi connectivity index (χ1n) is 13.8. The van der Waals surface area contributed by atoms with Gasteiger partial charge in [0.05, 0.1) is 11.1 Å². The third kappa shape index (κ3) is 5.10. The Morgan fingerprint density at radius 3 is 2.38 bits per heavy atom. The normalized spacial score (nSPS) is 13.7. The number of para-hydroxylation sites is 1. The lowest BCUT2D eigenvalue weighted by molar-refractivity contribution is -0.162. The van der Waals surface area contributed by atoms with Gasteiger partial charge in [0.25, 0.3) is 6.29 Å². The number of rotatable bonds is 5. The van der Waals surface area contributed by atoms with Gasteiger partial charge in [0.2, 0.25) is 0 Å². The van der Waals surface area contributed by atoms with E-state index in [1.807, 2.05) is 0 Å². The summed E-state index contributed by atoms with van der Waals surface area (Å²) in [6, 6.07) is 18.3. The number of phenols is 2. The molecule has 6 aromatic rings. The molecule has 0 amide bonds. The monoisotopic (exact) mass is 606 g/mol. The Kier molecular flexibility index (Phi) is 6.51. The standard InChI is InChI=1S/C34H22O11/c1-16(35)41-34-25-12-20(11-19-14-30(39)44-32-22(19)3-2-4-26(32)37)33(40)45-31(25)24-10-17(5-7-28(24)43-34)9-18-13-29(38)42-27-8-6-21(36)15-23(18)27/h2-8,10,12-15,34,36-37H,9,11H2,1H3. The largest absolute Gasteiger partial charge is 0.508 e. The van der Waals surface area contributed by atoms with Crippen LogP contribution >= 0.6 is 0 Å². The summed E-state index contributed by atoms with van der Waals surface area (Å²) in [6.07, 6.45) is -1.02. The van der Waals surface area contributed by atoms with E-state index in [0.29, 0.717) is 38.8 Å². The van der Waals surface area contributed by atoms with Crippen molar-refractivity contribution in [2.75, 3.05) is 0 Å². The van der Waals surface area contributed by atoms with E-state index in [-0.39, 0.29) is 46.8 Å². The number of hydrogen-bond acceptors (Lipinski definition) is 11. The van der Waals surface area contributed by atoms with Crippen molar-refractivity contribution in [3.05, 3.63) is 132 Å². The molecule has 3 aromatic heterocycles. The number of esters is 1. The number of carbonyl (C=O) groups excluding carboxylic acids is 1. The lowest BCUT2D eigenvalue weighted by Crippen LogP contribution is -2.22. The Morgan fingerprint density at radius 2 is 1.58 bits per heavy atom. The Balaban J connectivity index is 1.33. The summed E-state index contributed by atoms with van der Waals surface area (Å²) < 4.78 is 27.7. The molecule has 0 spiro atoms. The summed E-state index contributed by atoms with van der Waals surface area (Å²) in [4.78, 5) is 49.9. The van der Waals surface area contributed by atoms with Gasteiger partial charge in [-0.1, -0.05) is 18.2 Å². The lowest BCUT2D eigenvalue weighted by atomic mass is 9.95. The second-order valence-electron chi connectivity index (χ2n) is 10.6. The van der Waals surface area contributed by atoms with Gasteiger partial charge in [0.15, 0.2) is 17.1 Å². The van der Waals surface area contributed by atoms with Crippen LogP contribution in [-0.2, 0) is 22.4 Å². The molecule has 0 radical (unpaired) electrons. The van der Waals surface area contributed by atoms with Crippen LogP contribution in [0.4, 0.5) is 0 Å². The maximum atomic E-state index is 13.4. The summed E-state index contributed by atoms with van der Waals surface area (Å²) in [7, 11) is 0. The smallest absolute Gasteiger partial charge is 0.339 e. The summed E-state index contributed by atoms with van der Waals surface area (Å²) >= 11 is 0. The number of benzene rings is 3. The molecule has 0 saturated heterocycles. The first kappa shape index (κ1) is 27.7. The van der Waals surface area contributed by atoms with Crippen LogP contribution in [0, 0.1) is 0 Å². The van der Waals surface area contributed by atoms with E-state index >= 15 is 0 Å². The molecule has 11 nitrogen and oxygen atoms in total. The predicted molar refractivity (Wildman–Crippen MR) is 159 cm³/mol. The Bertz CT molecular complexity index is 2360. The Hall–Kier alpha value is -6.10. The molecule has 0 fully saturated rings. The minimum Gasteiger partial charge on any atom is -0.508 e. The van der Waals surface area contributed by atoms with Gasteiger partial charge in [0.1, 0.15) is 17.1 Å². The summed E-state index contributed by atoms with van der Waals surface area (Å²) in [5, 5.41) is 21.2. The zero-order valence-electron chi connectivity index (χ0n) is 23.5. The molecule has 1 atom stereocenters. The van der Waals surface area contributed by atoms with Crippen molar-refractivity contribution in [1.29, 1.82) is 0 Å². The summed E-state index contributed by atoms with van der Waals surface area (Å²) in [6.45, 7) is 1.22. The van der Waals surface area contributed by atoms with Crippen LogP contribution in [0.15, 0.2) is 100 Å². The fraction of sp³-hybridized carbons (Fsp3) is 0.118. The van der Waals surface area contributed by atoms with Crippen LogP contribution in [0.1, 0.15) is 41.0 Å². The van der Waals surface area contributed by atoms with E-state index in [1.165, 1.54) is 49.4 Å². The van der Waals surface area contributed by atoms with Gasteiger partial charge >= 0.3 is 22.8 Å². The van der Waals surface area contributed by atoms with Gasteiger partial charge < -0.3 is 32.9 Å². The van der Waals surface area contributed by atoms with Crippen LogP contribution in [-0.4, -0.2) is 16.2 Å². The molecule has 0 aliphatic carbocycles. The second-order valence-corrected chi connectivity index (χ2v) is 10.6. The predicted octanol–water partition coefficient (Wildman–Crippen LogP) is 5.07. The van der Waals surface area contributed by atoms with Crippen LogP contribution in [0.5, 0.6) is 17.2 Å². The van der Waals surface area contributed by atoms with Crippen LogP contribution in [0.25, 0.3) is 33.3 Å². The Morgan fingerprint density at radius 1 is 0.800 bits per heavy atom. The van der Waals surface area contributed by atoms with Crippen molar-refractivity contribution in [3.8, 4) is 28.6 Å². The van der Waals surface area contributed by atoms with Gasteiger partial charge in [0, 0.05) is 41.8 Å². The molecule has 0 saturated carbocycles. The third-order valence-corrected chi connectivity index (χ3v) is 7.52. The lowest BCUT2D eigenvalue weighted by Gasteiger charge is -2.27. The second kappa shape index (κ2) is 10.6. The van der Waals surface area contributed by atoms with Crippen molar-refractivity contribution < 1.29 is 37.7 Å². The zero-order chi connectivity index (χ0) is 31.4. The van der Waals surface area contributed by atoms with Gasteiger partial charge in [-0.2, -0.15) is 0 Å². The molecular weight excluding hydrogens is 584 g/mol. The highest BCUT2D eigenvalue weighted by Gasteiger charge is 2.32. The third-order valence-electron chi connectivity index (χ3n) is 7.52. The number of aromatic hydroxyl groups is 2. The number of hydrogen-bond donors (Lipinski definition) is 2. The van der Waals surface area contributed by atoms with E-state index in [4.69, 9.17) is 22.7 Å². The van der Waals surface area contributed by atoms with Gasteiger partial charge in [-0.25, -0.2) is 14.4 Å². The van der Waals surface area contributed by atoms with Crippen molar-refractivity contribution in [2.24, 2.45) is 0 Å². The van der Waals surface area contributed by atoms with E-state index in [2.05, 4.69) is 0 Å². The SMILES string of the molecule is CC(=O)OC1Oc2ccc(Cc3cc(=O)oc4ccc(O)cc34)cc2-c2oc(=O)c(Cc3cc(=O)oc4c(O)cccc34)cc21. The average Bonchev–Trinajstić information content (AvgIpc) is 2.99. The number of phenolic OH excluding ortho intramolecular Hbond substituents is 2. The van der Waals surface area contributed by atoms with Gasteiger partial charge in [-0.3, -0.25) is 4.79 Å². The quantitative estimate of drug-likeness (QED) is 0.199. The molecule has 0 bridgehead atoms. The zero-order valence-corrected chi connectivity index (χ0v) is 23.5. The first-order valence-corrected chi connectivity index (χ1v) is 13.8. The van der Waals surface area contributed by atoms with Crippen molar-refractivity contribution in [3.63, 3.8) is 0 Å². The van der Waals surface area contributed by atoms with Crippen molar-refractivity contribution >= 4 is 27.9 Å². The Labute approximate surface area is 252 Å². The van der Waals surface area contributed by atoms with Gasteiger partial charge in [-0.05, 0) is 65.6 Å². The minimum atomic E-state index is -1.23. The molecule has 1 unspecified atom stereocenters. The molecule has 45 heavy (non-hydrogen) atoms. The topological polar surface area (TPSA) is 167 Å². The molecule has 4 heterocycles. The highest BCUT2D eigenvalue weighted by Crippen LogP contribution is 2.43. The molecule has 224 valence electrons. The number of fused-ring (bicyclic) bond motifs is 5. The minimum absolute atomic E-state index is 0.0101.